The minimum absolute atomic E-state index is 0.252. The van der Waals surface area contributed by atoms with E-state index in [4.69, 9.17) is 23.6 Å². The van der Waals surface area contributed by atoms with Crippen molar-refractivity contribution in [3.8, 4) is 23.0 Å². The van der Waals surface area contributed by atoms with Crippen molar-refractivity contribution in [3.05, 3.63) is 36.4 Å². The molecule has 0 unspecified atom stereocenters. The summed E-state index contributed by atoms with van der Waals surface area (Å²) in [6.45, 7) is 0. The third-order valence-corrected chi connectivity index (χ3v) is 4.44. The Hall–Kier alpha value is -4.28. The number of aromatic nitrogens is 4. The van der Waals surface area contributed by atoms with Gasteiger partial charge in [0.1, 0.15) is 23.0 Å². The highest BCUT2D eigenvalue weighted by Crippen LogP contribution is 2.36. The number of hydrogen-bond acceptors (Lipinski definition) is 11. The van der Waals surface area contributed by atoms with Crippen molar-refractivity contribution in [1.29, 1.82) is 0 Å². The molecule has 4 rings (SSSR count). The van der Waals surface area contributed by atoms with Crippen LogP contribution in [0.1, 0.15) is 0 Å². The summed E-state index contributed by atoms with van der Waals surface area (Å²) in [5.41, 5.74) is 1.81. The normalized spacial score (nSPS) is 10.6. The lowest BCUT2D eigenvalue weighted by Crippen LogP contribution is -2.05. The summed E-state index contributed by atoms with van der Waals surface area (Å²) in [6, 6.07) is 10.7. The van der Waals surface area contributed by atoms with Gasteiger partial charge in [-0.1, -0.05) is 0 Å². The molecule has 160 valence electrons. The third-order valence-electron chi connectivity index (χ3n) is 4.44. The Morgan fingerprint density at radius 1 is 0.645 bits per heavy atom. The van der Waals surface area contributed by atoms with Crippen LogP contribution in [0, 0.1) is 0 Å². The quantitative estimate of drug-likeness (QED) is 0.431. The molecule has 11 heteroatoms. The molecule has 0 saturated carbocycles. The summed E-state index contributed by atoms with van der Waals surface area (Å²) in [5, 5.41) is 14.0. The molecule has 0 bridgehead atoms. The molecule has 2 N–H and O–H groups in total. The second kappa shape index (κ2) is 8.61. The first kappa shape index (κ1) is 20.0. The minimum Gasteiger partial charge on any atom is -0.497 e. The van der Waals surface area contributed by atoms with Gasteiger partial charge in [0.15, 0.2) is 11.6 Å². The van der Waals surface area contributed by atoms with Crippen LogP contribution in [0.4, 0.5) is 23.0 Å². The molecule has 31 heavy (non-hydrogen) atoms. The zero-order chi connectivity index (χ0) is 21.8. The number of benzene rings is 2. The zero-order valence-electron chi connectivity index (χ0n) is 17.3. The number of nitrogens with one attached hydrogen (secondary N) is 2. The van der Waals surface area contributed by atoms with E-state index in [1.807, 2.05) is 12.1 Å². The van der Waals surface area contributed by atoms with Gasteiger partial charge in [0.05, 0.1) is 39.8 Å². The second-order valence-corrected chi connectivity index (χ2v) is 6.21. The van der Waals surface area contributed by atoms with E-state index >= 15 is 0 Å². The maximum atomic E-state index is 5.46. The van der Waals surface area contributed by atoms with Crippen LogP contribution in [-0.4, -0.2) is 48.7 Å². The number of anilines is 4. The Labute approximate surface area is 177 Å². The SMILES string of the molecule is COc1ccc(Nc2nc3nonc3nc2Nc2ccc(OC)cc2OC)c(OC)c1. The van der Waals surface area contributed by atoms with Crippen LogP contribution in [0.25, 0.3) is 11.3 Å². The summed E-state index contributed by atoms with van der Waals surface area (Å²) in [5.74, 6) is 3.20. The van der Waals surface area contributed by atoms with Crippen LogP contribution >= 0.6 is 0 Å². The molecule has 0 aliphatic carbocycles. The Morgan fingerprint density at radius 3 is 1.48 bits per heavy atom. The first-order valence-electron chi connectivity index (χ1n) is 9.13. The van der Waals surface area contributed by atoms with E-state index in [0.29, 0.717) is 46.0 Å². The predicted molar refractivity (Wildman–Crippen MR) is 113 cm³/mol. The molecular formula is C20H20N6O5. The molecule has 4 aromatic rings. The number of nitrogens with zero attached hydrogens (tertiary/aromatic N) is 4. The van der Waals surface area contributed by atoms with Crippen molar-refractivity contribution in [3.63, 3.8) is 0 Å². The molecule has 11 nitrogen and oxygen atoms in total. The highest BCUT2D eigenvalue weighted by atomic mass is 16.6. The van der Waals surface area contributed by atoms with Gasteiger partial charge in [-0.2, -0.15) is 0 Å². The monoisotopic (exact) mass is 424 g/mol. The number of fused-ring (bicyclic) bond motifs is 1. The lowest BCUT2D eigenvalue weighted by Gasteiger charge is -2.16. The Morgan fingerprint density at radius 2 is 1.10 bits per heavy atom. The molecule has 0 fully saturated rings. The van der Waals surface area contributed by atoms with E-state index in [9.17, 15) is 0 Å². The van der Waals surface area contributed by atoms with Crippen LogP contribution in [-0.2, 0) is 0 Å². The fraction of sp³-hybridized carbons (Fsp3) is 0.200. The fourth-order valence-electron chi connectivity index (χ4n) is 2.87. The van der Waals surface area contributed by atoms with Crippen molar-refractivity contribution in [2.24, 2.45) is 0 Å². The highest BCUT2D eigenvalue weighted by Gasteiger charge is 2.17. The van der Waals surface area contributed by atoms with Crippen molar-refractivity contribution in [2.45, 2.75) is 0 Å². The van der Waals surface area contributed by atoms with Crippen molar-refractivity contribution in [1.82, 2.24) is 20.3 Å². The average Bonchev–Trinajstić information content (AvgIpc) is 3.26. The Bertz CT molecular complexity index is 1120. The molecule has 0 spiro atoms. The standard InChI is InChI=1S/C20H20N6O5/c1-27-11-5-7-13(15(9-11)29-3)21-17-18(24-20-19(23-17)25-31-26-20)22-14-8-6-12(28-2)10-16(14)30-4/h5-10H,1-4H3,(H,21,23,25)(H,22,24,26). The fourth-order valence-corrected chi connectivity index (χ4v) is 2.87. The summed E-state index contributed by atoms with van der Waals surface area (Å²) in [6.07, 6.45) is 0. The molecule has 2 aromatic heterocycles. The molecule has 0 radical (unpaired) electrons. The van der Waals surface area contributed by atoms with Crippen molar-refractivity contribution in [2.75, 3.05) is 39.1 Å². The highest BCUT2D eigenvalue weighted by molar-refractivity contribution is 5.81. The van der Waals surface area contributed by atoms with Gasteiger partial charge in [0.2, 0.25) is 11.3 Å². The molecule has 2 aromatic carbocycles. The van der Waals surface area contributed by atoms with E-state index in [1.165, 1.54) is 0 Å². The van der Waals surface area contributed by atoms with Gasteiger partial charge < -0.3 is 29.6 Å². The van der Waals surface area contributed by atoms with Gasteiger partial charge in [-0.15, -0.1) is 0 Å². The Balaban J connectivity index is 1.75. The van der Waals surface area contributed by atoms with Gasteiger partial charge in [0, 0.05) is 12.1 Å². The predicted octanol–water partition coefficient (Wildman–Crippen LogP) is 3.53. The molecule has 0 aliphatic heterocycles. The maximum Gasteiger partial charge on any atom is 0.245 e. The van der Waals surface area contributed by atoms with Crippen molar-refractivity contribution >= 4 is 34.3 Å². The van der Waals surface area contributed by atoms with Gasteiger partial charge in [0.25, 0.3) is 0 Å². The average molecular weight is 424 g/mol. The molecular weight excluding hydrogens is 404 g/mol. The van der Waals surface area contributed by atoms with Gasteiger partial charge in [-0.3, -0.25) is 0 Å². The lowest BCUT2D eigenvalue weighted by atomic mass is 10.2. The van der Waals surface area contributed by atoms with E-state index in [1.54, 1.807) is 52.7 Å². The molecule has 0 atom stereocenters. The Kier molecular flexibility index (Phi) is 5.56. The van der Waals surface area contributed by atoms with Crippen LogP contribution in [0.5, 0.6) is 23.0 Å². The molecule has 0 aliphatic rings. The summed E-state index contributed by atoms with van der Waals surface area (Å²) in [4.78, 5) is 8.96. The number of methoxy groups -OCH3 is 4. The van der Waals surface area contributed by atoms with Gasteiger partial charge >= 0.3 is 0 Å². The molecule has 2 heterocycles. The van der Waals surface area contributed by atoms with Crippen LogP contribution in [0.2, 0.25) is 0 Å². The summed E-state index contributed by atoms with van der Waals surface area (Å²) >= 11 is 0. The lowest BCUT2D eigenvalue weighted by molar-refractivity contribution is 0.314. The largest absolute Gasteiger partial charge is 0.497 e. The summed E-state index contributed by atoms with van der Waals surface area (Å²) < 4.78 is 26.2. The third kappa shape index (κ3) is 4.06. The van der Waals surface area contributed by atoms with Crippen LogP contribution in [0.3, 0.4) is 0 Å². The van der Waals surface area contributed by atoms with E-state index in [0.717, 1.165) is 0 Å². The number of hydrogen-bond donors (Lipinski definition) is 2. The topological polar surface area (TPSA) is 126 Å². The van der Waals surface area contributed by atoms with Gasteiger partial charge in [-0.25, -0.2) is 14.6 Å². The minimum atomic E-state index is 0.252. The van der Waals surface area contributed by atoms with Gasteiger partial charge in [-0.05, 0) is 34.6 Å². The van der Waals surface area contributed by atoms with E-state index < -0.39 is 0 Å². The summed E-state index contributed by atoms with van der Waals surface area (Å²) in [7, 11) is 6.31. The smallest absolute Gasteiger partial charge is 0.245 e. The second-order valence-electron chi connectivity index (χ2n) is 6.21. The van der Waals surface area contributed by atoms with Crippen molar-refractivity contribution < 1.29 is 23.6 Å². The maximum absolute atomic E-state index is 5.46. The number of rotatable bonds is 8. The number of ether oxygens (including phenoxy) is 4. The molecule has 0 saturated heterocycles. The zero-order valence-corrected chi connectivity index (χ0v) is 17.3. The van der Waals surface area contributed by atoms with Crippen LogP contribution < -0.4 is 29.6 Å². The first-order valence-corrected chi connectivity index (χ1v) is 9.13. The molecule has 0 amide bonds. The van der Waals surface area contributed by atoms with E-state index in [-0.39, 0.29) is 11.3 Å². The first-order chi connectivity index (χ1) is 15.1. The van der Waals surface area contributed by atoms with E-state index in [2.05, 4.69) is 30.9 Å². The van der Waals surface area contributed by atoms with Crippen LogP contribution in [0.15, 0.2) is 41.0 Å².